The molecule has 2 heteroatoms. The normalized spacial score (nSPS) is 8.89. The van der Waals surface area contributed by atoms with Crippen LogP contribution in [0, 0.1) is 0 Å². The van der Waals surface area contributed by atoms with Crippen molar-refractivity contribution in [3.05, 3.63) is 40.6 Å². The first kappa shape index (κ1) is 5.82. The molecule has 0 unspecified atom stereocenters. The van der Waals surface area contributed by atoms with Crippen molar-refractivity contribution in [2.24, 2.45) is 0 Å². The Morgan fingerprint density at radius 1 is 1.11 bits per heavy atom. The molecule has 9 heavy (non-hydrogen) atoms. The van der Waals surface area contributed by atoms with Gasteiger partial charge in [-0.25, -0.2) is 0 Å². The van der Waals surface area contributed by atoms with Gasteiger partial charge in [-0.15, -0.1) is 0 Å². The van der Waals surface area contributed by atoms with Gasteiger partial charge in [-0.05, 0) is 12.1 Å². The SMILES string of the molecule is [NH]c1cccccc1=O. The van der Waals surface area contributed by atoms with Gasteiger partial charge in [0.25, 0.3) is 0 Å². The lowest BCUT2D eigenvalue weighted by atomic mass is 10.4. The summed E-state index contributed by atoms with van der Waals surface area (Å²) < 4.78 is 0. The van der Waals surface area contributed by atoms with Crippen molar-refractivity contribution < 1.29 is 0 Å². The summed E-state index contributed by atoms with van der Waals surface area (Å²) >= 11 is 0. The highest BCUT2D eigenvalue weighted by Gasteiger charge is 1.84. The second kappa shape index (κ2) is 2.31. The van der Waals surface area contributed by atoms with E-state index in [1.807, 2.05) is 0 Å². The van der Waals surface area contributed by atoms with E-state index in [1.165, 1.54) is 12.1 Å². The predicted octanol–water partition coefficient (Wildman–Crippen LogP) is 0.961. The molecule has 0 aromatic heterocycles. The van der Waals surface area contributed by atoms with E-state index in [9.17, 15) is 4.79 Å². The number of hydrogen-bond donors (Lipinski definition) is 0. The van der Waals surface area contributed by atoms with Crippen LogP contribution in [0.4, 0.5) is 5.69 Å². The number of rotatable bonds is 0. The predicted molar refractivity (Wildman–Crippen MR) is 35.5 cm³/mol. The molecule has 0 saturated heterocycles. The van der Waals surface area contributed by atoms with Crippen molar-refractivity contribution in [1.29, 1.82) is 0 Å². The lowest BCUT2D eigenvalue weighted by Gasteiger charge is -1.73. The molecule has 0 aliphatic rings. The van der Waals surface area contributed by atoms with Crippen LogP contribution in [0.25, 0.3) is 0 Å². The summed E-state index contributed by atoms with van der Waals surface area (Å²) in [4.78, 5) is 10.6. The van der Waals surface area contributed by atoms with Gasteiger partial charge in [0, 0.05) is 0 Å². The minimum Gasteiger partial charge on any atom is -0.297 e. The van der Waals surface area contributed by atoms with Crippen molar-refractivity contribution in [1.82, 2.24) is 5.73 Å². The van der Waals surface area contributed by atoms with Crippen LogP contribution >= 0.6 is 0 Å². The average molecular weight is 120 g/mol. The zero-order valence-corrected chi connectivity index (χ0v) is 4.79. The van der Waals surface area contributed by atoms with E-state index in [0.717, 1.165) is 0 Å². The van der Waals surface area contributed by atoms with Crippen molar-refractivity contribution in [3.8, 4) is 0 Å². The molecule has 0 aliphatic heterocycles. The third kappa shape index (κ3) is 1.29. The van der Waals surface area contributed by atoms with Crippen LogP contribution < -0.4 is 11.2 Å². The first-order valence-corrected chi connectivity index (χ1v) is 2.61. The highest BCUT2D eigenvalue weighted by atomic mass is 16.1. The van der Waals surface area contributed by atoms with Crippen LogP contribution in [0.1, 0.15) is 0 Å². The summed E-state index contributed by atoms with van der Waals surface area (Å²) in [7, 11) is 0. The molecule has 1 radical (unpaired) electrons. The minimum absolute atomic E-state index is 0.0417. The summed E-state index contributed by atoms with van der Waals surface area (Å²) in [6, 6.07) is 7.87. The molecule has 0 fully saturated rings. The minimum atomic E-state index is -0.236. The molecule has 45 valence electrons. The second-order valence-electron chi connectivity index (χ2n) is 1.69. The molecule has 1 rings (SSSR count). The fourth-order valence-electron chi connectivity index (χ4n) is 0.531. The van der Waals surface area contributed by atoms with Gasteiger partial charge in [0.15, 0.2) is 0 Å². The van der Waals surface area contributed by atoms with E-state index in [2.05, 4.69) is 0 Å². The Morgan fingerprint density at radius 2 is 1.78 bits per heavy atom. The van der Waals surface area contributed by atoms with Gasteiger partial charge in [-0.1, -0.05) is 18.2 Å². The Hall–Kier alpha value is -1.31. The van der Waals surface area contributed by atoms with Crippen LogP contribution in [0.5, 0.6) is 0 Å². The van der Waals surface area contributed by atoms with E-state index >= 15 is 0 Å². The van der Waals surface area contributed by atoms with Crippen LogP contribution in [-0.4, -0.2) is 0 Å². The Balaban J connectivity index is 3.42. The molecule has 0 aliphatic carbocycles. The standard InChI is InChI=1S/C7H6NO/c8-6-4-2-1-3-5-7(6)9/h1-5,8H. The van der Waals surface area contributed by atoms with Gasteiger partial charge in [-0.2, -0.15) is 0 Å². The van der Waals surface area contributed by atoms with Crippen molar-refractivity contribution in [2.45, 2.75) is 0 Å². The number of hydrogen-bond acceptors (Lipinski definition) is 1. The summed E-state index contributed by atoms with van der Waals surface area (Å²) in [5, 5.41) is 0. The largest absolute Gasteiger partial charge is 0.297 e. The van der Waals surface area contributed by atoms with E-state index in [4.69, 9.17) is 5.73 Å². The van der Waals surface area contributed by atoms with Gasteiger partial charge in [0.1, 0.15) is 5.69 Å². The molecule has 0 bridgehead atoms. The van der Waals surface area contributed by atoms with Crippen LogP contribution in [-0.2, 0) is 0 Å². The maximum absolute atomic E-state index is 10.6. The third-order valence-corrected chi connectivity index (χ3v) is 0.998. The molecular formula is C7H6NO. The zero-order valence-electron chi connectivity index (χ0n) is 4.79. The van der Waals surface area contributed by atoms with Crippen LogP contribution in [0.2, 0.25) is 0 Å². The third-order valence-electron chi connectivity index (χ3n) is 0.998. The molecule has 1 aromatic carbocycles. The van der Waals surface area contributed by atoms with Crippen LogP contribution in [0.3, 0.4) is 0 Å². The number of nitrogens with one attached hydrogen (secondary N) is 1. The monoisotopic (exact) mass is 120 g/mol. The molecule has 0 saturated carbocycles. The summed E-state index contributed by atoms with van der Waals surface area (Å²) in [5.74, 6) is 0. The van der Waals surface area contributed by atoms with Crippen molar-refractivity contribution >= 4 is 5.69 Å². The molecular weight excluding hydrogens is 114 g/mol. The first-order chi connectivity index (χ1) is 4.30. The molecule has 0 spiro atoms. The molecule has 0 heterocycles. The van der Waals surface area contributed by atoms with Gasteiger partial charge in [0.05, 0.1) is 0 Å². The summed E-state index contributed by atoms with van der Waals surface area (Å²) in [5.41, 5.74) is 6.83. The lowest BCUT2D eigenvalue weighted by Crippen LogP contribution is -1.93. The molecule has 0 amide bonds. The van der Waals surface area contributed by atoms with Gasteiger partial charge < -0.3 is 0 Å². The summed E-state index contributed by atoms with van der Waals surface area (Å²) in [6.07, 6.45) is 0. The van der Waals surface area contributed by atoms with E-state index in [-0.39, 0.29) is 11.1 Å². The molecule has 1 N–H and O–H groups in total. The smallest absolute Gasteiger partial charge is 0.203 e. The van der Waals surface area contributed by atoms with Crippen molar-refractivity contribution in [2.75, 3.05) is 0 Å². The quantitative estimate of drug-likeness (QED) is 0.502. The van der Waals surface area contributed by atoms with Gasteiger partial charge in [-0.3, -0.25) is 10.5 Å². The lowest BCUT2D eigenvalue weighted by molar-refractivity contribution is 1.46. The summed E-state index contributed by atoms with van der Waals surface area (Å²) in [6.45, 7) is 0. The molecule has 0 atom stereocenters. The Kier molecular flexibility index (Phi) is 1.49. The first-order valence-electron chi connectivity index (χ1n) is 2.61. The Labute approximate surface area is 52.9 Å². The van der Waals surface area contributed by atoms with E-state index < -0.39 is 0 Å². The highest BCUT2D eigenvalue weighted by Crippen LogP contribution is 1.89. The fourth-order valence-corrected chi connectivity index (χ4v) is 0.531. The fraction of sp³-hybridized carbons (Fsp3) is 0. The Morgan fingerprint density at radius 3 is 2.56 bits per heavy atom. The topological polar surface area (TPSA) is 40.9 Å². The maximum Gasteiger partial charge on any atom is 0.203 e. The van der Waals surface area contributed by atoms with E-state index in [1.54, 1.807) is 18.2 Å². The van der Waals surface area contributed by atoms with Gasteiger partial charge in [0.2, 0.25) is 5.43 Å². The zero-order chi connectivity index (χ0) is 6.69. The van der Waals surface area contributed by atoms with Gasteiger partial charge >= 0.3 is 0 Å². The molecule has 2 nitrogen and oxygen atoms in total. The maximum atomic E-state index is 10.6. The highest BCUT2D eigenvalue weighted by molar-refractivity contribution is 5.30. The Bertz CT molecular complexity index is 257. The molecule has 1 aromatic rings. The second-order valence-corrected chi connectivity index (χ2v) is 1.69. The van der Waals surface area contributed by atoms with Crippen LogP contribution in [0.15, 0.2) is 35.1 Å². The van der Waals surface area contributed by atoms with Crippen molar-refractivity contribution in [3.63, 3.8) is 0 Å². The van der Waals surface area contributed by atoms with E-state index in [0.29, 0.717) is 0 Å². The average Bonchev–Trinajstić information content (AvgIpc) is 1.99.